The zero-order valence-corrected chi connectivity index (χ0v) is 16.4. The maximum absolute atomic E-state index is 12.6. The van der Waals surface area contributed by atoms with E-state index in [1.165, 1.54) is 21.3 Å². The van der Waals surface area contributed by atoms with Crippen molar-refractivity contribution in [1.29, 1.82) is 5.26 Å². The monoisotopic (exact) mass is 398 g/mol. The summed E-state index contributed by atoms with van der Waals surface area (Å²) in [7, 11) is 4.21. The van der Waals surface area contributed by atoms with Gasteiger partial charge in [0.1, 0.15) is 11.5 Å². The summed E-state index contributed by atoms with van der Waals surface area (Å²) in [5, 5.41) is 21.1. The predicted octanol–water partition coefficient (Wildman–Crippen LogP) is 2.92. The molecular formula is C21H22N2O6. The molecule has 0 radical (unpaired) electrons. The van der Waals surface area contributed by atoms with E-state index in [2.05, 4.69) is 5.32 Å². The first-order valence-electron chi connectivity index (χ1n) is 8.74. The Balaban J connectivity index is 2.55. The minimum atomic E-state index is -0.969. The number of methoxy groups -OCH3 is 3. The Morgan fingerprint density at radius 1 is 1.14 bits per heavy atom. The van der Waals surface area contributed by atoms with Crippen molar-refractivity contribution in [3.63, 3.8) is 0 Å². The molecule has 2 N–H and O–H groups in total. The largest absolute Gasteiger partial charge is 0.497 e. The van der Waals surface area contributed by atoms with Crippen molar-refractivity contribution < 1.29 is 28.9 Å². The van der Waals surface area contributed by atoms with Crippen LogP contribution in [0.5, 0.6) is 11.5 Å². The van der Waals surface area contributed by atoms with Gasteiger partial charge in [-0.3, -0.25) is 4.79 Å². The number of nitrogens with one attached hydrogen (secondary N) is 1. The summed E-state index contributed by atoms with van der Waals surface area (Å²) < 4.78 is 15.7. The van der Waals surface area contributed by atoms with Gasteiger partial charge in [-0.1, -0.05) is 0 Å². The van der Waals surface area contributed by atoms with Crippen molar-refractivity contribution in [3.05, 3.63) is 53.1 Å². The van der Waals surface area contributed by atoms with E-state index in [1.807, 2.05) is 6.07 Å². The number of benzene rings is 2. The van der Waals surface area contributed by atoms with Gasteiger partial charge in [0.15, 0.2) is 6.04 Å². The Labute approximate surface area is 168 Å². The molecule has 152 valence electrons. The molecule has 0 saturated heterocycles. The lowest BCUT2D eigenvalue weighted by molar-refractivity contribution is -0.141. The molecule has 2 rings (SSSR count). The number of nitriles is 1. The minimum Gasteiger partial charge on any atom is -0.497 e. The van der Waals surface area contributed by atoms with Crippen molar-refractivity contribution in [1.82, 2.24) is 0 Å². The standard InChI is InChI=1S/C21H22N2O6/c1-27-15-10-17(16(8-9-19(24)25)18(11-15)28-2)20(21(26)29-3)23-14-6-4-13(12-22)5-7-14/h4-7,10-11,20,23H,8-9H2,1-3H3,(H,24,25). The van der Waals surface area contributed by atoms with Gasteiger partial charge in [-0.25, -0.2) is 4.79 Å². The molecule has 8 nitrogen and oxygen atoms in total. The molecule has 1 atom stereocenters. The first-order chi connectivity index (χ1) is 13.9. The smallest absolute Gasteiger partial charge is 0.333 e. The number of nitrogens with zero attached hydrogens (tertiary/aromatic N) is 1. The van der Waals surface area contributed by atoms with E-state index in [1.54, 1.807) is 36.4 Å². The molecule has 0 amide bonds. The molecule has 29 heavy (non-hydrogen) atoms. The topological polar surface area (TPSA) is 118 Å². The van der Waals surface area contributed by atoms with Crippen LogP contribution in [0.15, 0.2) is 36.4 Å². The third-order valence-electron chi connectivity index (χ3n) is 4.33. The molecule has 0 aliphatic carbocycles. The Morgan fingerprint density at radius 2 is 1.83 bits per heavy atom. The molecule has 0 aromatic heterocycles. The average molecular weight is 398 g/mol. The zero-order valence-electron chi connectivity index (χ0n) is 16.4. The van der Waals surface area contributed by atoms with E-state index in [0.717, 1.165) is 0 Å². The third kappa shape index (κ3) is 5.39. The first kappa shape index (κ1) is 21.6. The fourth-order valence-corrected chi connectivity index (χ4v) is 2.89. The summed E-state index contributed by atoms with van der Waals surface area (Å²) in [6.45, 7) is 0. The lowest BCUT2D eigenvalue weighted by Gasteiger charge is -2.23. The molecule has 0 spiro atoms. The number of rotatable bonds is 9. The van der Waals surface area contributed by atoms with Crippen molar-refractivity contribution >= 4 is 17.6 Å². The fourth-order valence-electron chi connectivity index (χ4n) is 2.89. The number of anilines is 1. The Kier molecular flexibility index (Phi) is 7.43. The number of hydrogen-bond acceptors (Lipinski definition) is 7. The summed E-state index contributed by atoms with van der Waals surface area (Å²) >= 11 is 0. The van der Waals surface area contributed by atoms with Crippen LogP contribution in [-0.2, 0) is 20.7 Å². The summed E-state index contributed by atoms with van der Waals surface area (Å²) in [6.07, 6.45) is 0.0147. The molecule has 0 fully saturated rings. The van der Waals surface area contributed by atoms with Crippen molar-refractivity contribution in [2.45, 2.75) is 18.9 Å². The van der Waals surface area contributed by atoms with Crippen LogP contribution in [0.3, 0.4) is 0 Å². The van der Waals surface area contributed by atoms with Gasteiger partial charge in [0, 0.05) is 23.7 Å². The fraction of sp³-hybridized carbons (Fsp3) is 0.286. The SMILES string of the molecule is COC(=O)C(Nc1ccc(C#N)cc1)c1cc(OC)cc(OC)c1CCC(=O)O. The van der Waals surface area contributed by atoms with E-state index < -0.39 is 18.0 Å². The highest BCUT2D eigenvalue weighted by molar-refractivity contribution is 5.82. The van der Waals surface area contributed by atoms with Crippen LogP contribution in [0.2, 0.25) is 0 Å². The Hall–Kier alpha value is -3.73. The maximum atomic E-state index is 12.6. The van der Waals surface area contributed by atoms with E-state index in [4.69, 9.17) is 24.6 Å². The van der Waals surface area contributed by atoms with Crippen LogP contribution in [0.4, 0.5) is 5.69 Å². The molecule has 1 unspecified atom stereocenters. The van der Waals surface area contributed by atoms with Crippen LogP contribution < -0.4 is 14.8 Å². The highest BCUT2D eigenvalue weighted by Gasteiger charge is 2.27. The average Bonchev–Trinajstić information content (AvgIpc) is 2.75. The van der Waals surface area contributed by atoms with Gasteiger partial charge in [-0.05, 0) is 42.3 Å². The van der Waals surface area contributed by atoms with Gasteiger partial charge in [0.2, 0.25) is 0 Å². The zero-order chi connectivity index (χ0) is 21.4. The Bertz CT molecular complexity index is 918. The second-order valence-electron chi connectivity index (χ2n) is 6.08. The van der Waals surface area contributed by atoms with E-state index in [0.29, 0.717) is 33.9 Å². The van der Waals surface area contributed by atoms with Gasteiger partial charge in [-0.2, -0.15) is 5.26 Å². The number of hydrogen-bond donors (Lipinski definition) is 2. The van der Waals surface area contributed by atoms with Crippen LogP contribution >= 0.6 is 0 Å². The van der Waals surface area contributed by atoms with Crippen LogP contribution in [0, 0.1) is 11.3 Å². The van der Waals surface area contributed by atoms with Crippen LogP contribution in [0.25, 0.3) is 0 Å². The highest BCUT2D eigenvalue weighted by atomic mass is 16.5. The molecule has 2 aromatic rings. The third-order valence-corrected chi connectivity index (χ3v) is 4.33. The van der Waals surface area contributed by atoms with Gasteiger partial charge in [0.05, 0.1) is 33.0 Å². The lowest BCUT2D eigenvalue weighted by Crippen LogP contribution is -2.24. The van der Waals surface area contributed by atoms with Crippen molar-refractivity contribution in [3.8, 4) is 17.6 Å². The summed E-state index contributed by atoms with van der Waals surface area (Å²) in [6, 6.07) is 11.0. The van der Waals surface area contributed by atoms with E-state index in [9.17, 15) is 9.59 Å². The van der Waals surface area contributed by atoms with E-state index in [-0.39, 0.29) is 12.8 Å². The van der Waals surface area contributed by atoms with Gasteiger partial charge < -0.3 is 24.6 Å². The number of aliphatic carboxylic acids is 1. The number of ether oxygens (including phenoxy) is 3. The second-order valence-corrected chi connectivity index (χ2v) is 6.08. The molecule has 0 heterocycles. The van der Waals surface area contributed by atoms with Crippen LogP contribution in [-0.4, -0.2) is 38.4 Å². The summed E-state index contributed by atoms with van der Waals surface area (Å²) in [4.78, 5) is 23.7. The molecule has 0 saturated carbocycles. The molecular weight excluding hydrogens is 376 g/mol. The van der Waals surface area contributed by atoms with Crippen LogP contribution in [0.1, 0.15) is 29.2 Å². The predicted molar refractivity (Wildman–Crippen MR) is 105 cm³/mol. The van der Waals surface area contributed by atoms with Crippen molar-refractivity contribution in [2.24, 2.45) is 0 Å². The Morgan fingerprint density at radius 3 is 2.34 bits per heavy atom. The summed E-state index contributed by atoms with van der Waals surface area (Å²) in [5.74, 6) is -0.674. The second kappa shape index (κ2) is 9.99. The number of carbonyl (C=O) groups excluding carboxylic acids is 1. The first-order valence-corrected chi connectivity index (χ1v) is 8.74. The number of carbonyl (C=O) groups is 2. The van der Waals surface area contributed by atoms with Gasteiger partial charge in [0.25, 0.3) is 0 Å². The molecule has 0 aliphatic rings. The molecule has 0 aliphatic heterocycles. The van der Waals surface area contributed by atoms with Crippen molar-refractivity contribution in [2.75, 3.05) is 26.6 Å². The number of carboxylic acid groups (broad SMARTS) is 1. The lowest BCUT2D eigenvalue weighted by atomic mass is 9.95. The van der Waals surface area contributed by atoms with E-state index >= 15 is 0 Å². The number of carboxylic acids is 1. The molecule has 2 aromatic carbocycles. The molecule has 8 heteroatoms. The van der Waals surface area contributed by atoms with Gasteiger partial charge >= 0.3 is 11.9 Å². The quantitative estimate of drug-likeness (QED) is 0.619. The van der Waals surface area contributed by atoms with Gasteiger partial charge in [-0.15, -0.1) is 0 Å². The normalized spacial score (nSPS) is 11.1. The minimum absolute atomic E-state index is 0.138. The summed E-state index contributed by atoms with van der Waals surface area (Å²) in [5.41, 5.74) is 2.12. The number of esters is 1. The highest BCUT2D eigenvalue weighted by Crippen LogP contribution is 2.35. The molecule has 0 bridgehead atoms. The maximum Gasteiger partial charge on any atom is 0.333 e.